The number of halogens is 2. The van der Waals surface area contributed by atoms with Crippen LogP contribution in [0.3, 0.4) is 0 Å². The van der Waals surface area contributed by atoms with Gasteiger partial charge in [0, 0.05) is 17.3 Å². The Morgan fingerprint density at radius 2 is 1.96 bits per heavy atom. The first kappa shape index (κ1) is 15.0. The van der Waals surface area contributed by atoms with Crippen LogP contribution >= 0.6 is 0 Å². The predicted molar refractivity (Wildman–Crippen MR) is 81.3 cm³/mol. The van der Waals surface area contributed by atoms with Crippen LogP contribution in [0, 0.1) is 11.6 Å². The number of hydrogen-bond donors (Lipinski definition) is 1. The molecule has 1 heterocycles. The molecular formula is C17H14F2N2O2. The normalized spacial score (nSPS) is 10.6. The summed E-state index contributed by atoms with van der Waals surface area (Å²) in [5.74, 6) is -0.879. The average molecular weight is 316 g/mol. The van der Waals surface area contributed by atoms with Crippen molar-refractivity contribution in [3.05, 3.63) is 65.9 Å². The first-order valence-electron chi connectivity index (χ1n) is 6.93. The highest BCUT2D eigenvalue weighted by atomic mass is 19.2. The number of methoxy groups -OCH3 is 1. The fourth-order valence-electron chi connectivity index (χ4n) is 2.19. The fraction of sp³-hybridized carbons (Fsp3) is 0.118. The van der Waals surface area contributed by atoms with Gasteiger partial charge in [-0.25, -0.2) is 8.78 Å². The van der Waals surface area contributed by atoms with E-state index < -0.39 is 11.6 Å². The topological polar surface area (TPSA) is 47.1 Å². The molecule has 4 nitrogen and oxygen atoms in total. The van der Waals surface area contributed by atoms with Crippen LogP contribution in [-0.4, -0.2) is 17.3 Å². The molecule has 0 aliphatic rings. The van der Waals surface area contributed by atoms with Crippen LogP contribution in [-0.2, 0) is 6.61 Å². The summed E-state index contributed by atoms with van der Waals surface area (Å²) in [5, 5.41) is 6.83. The molecule has 3 aromatic rings. The number of hydrogen-bond acceptors (Lipinski definition) is 3. The van der Waals surface area contributed by atoms with E-state index in [2.05, 4.69) is 10.2 Å². The zero-order valence-electron chi connectivity index (χ0n) is 12.3. The van der Waals surface area contributed by atoms with E-state index in [1.54, 1.807) is 18.3 Å². The van der Waals surface area contributed by atoms with Crippen molar-refractivity contribution in [2.45, 2.75) is 6.61 Å². The predicted octanol–water partition coefficient (Wildman–Crippen LogP) is 3.94. The van der Waals surface area contributed by atoms with E-state index in [0.717, 1.165) is 17.3 Å². The van der Waals surface area contributed by atoms with Crippen LogP contribution in [0.1, 0.15) is 5.56 Å². The van der Waals surface area contributed by atoms with Gasteiger partial charge in [0.05, 0.1) is 12.8 Å². The minimum absolute atomic E-state index is 0.107. The monoisotopic (exact) mass is 316 g/mol. The third-order valence-electron chi connectivity index (χ3n) is 3.37. The molecule has 0 unspecified atom stereocenters. The summed E-state index contributed by atoms with van der Waals surface area (Å²) in [6.07, 6.45) is 1.71. The van der Waals surface area contributed by atoms with Crippen LogP contribution < -0.4 is 9.47 Å². The van der Waals surface area contributed by atoms with E-state index in [1.165, 1.54) is 19.2 Å². The summed E-state index contributed by atoms with van der Waals surface area (Å²) in [5.41, 5.74) is 1.70. The zero-order valence-corrected chi connectivity index (χ0v) is 12.3. The van der Waals surface area contributed by atoms with Gasteiger partial charge in [-0.05, 0) is 30.3 Å². The summed E-state index contributed by atoms with van der Waals surface area (Å²) in [6, 6.07) is 11.1. The molecule has 2 aromatic carbocycles. The zero-order chi connectivity index (χ0) is 16.2. The molecule has 1 N–H and O–H groups in total. The third-order valence-corrected chi connectivity index (χ3v) is 3.37. The Balaban J connectivity index is 1.86. The third kappa shape index (κ3) is 3.15. The molecule has 0 spiro atoms. The summed E-state index contributed by atoms with van der Waals surface area (Å²) in [6.45, 7) is -0.107. The SMILES string of the molecule is COc1ccc(-c2cc[nH]n2)cc1OCc1cccc(F)c1F. The molecule has 0 atom stereocenters. The largest absolute Gasteiger partial charge is 0.493 e. The van der Waals surface area contributed by atoms with Gasteiger partial charge in [-0.2, -0.15) is 5.10 Å². The first-order valence-corrected chi connectivity index (χ1v) is 6.93. The molecule has 0 saturated carbocycles. The smallest absolute Gasteiger partial charge is 0.165 e. The Hall–Kier alpha value is -2.89. The van der Waals surface area contributed by atoms with Crippen LogP contribution in [0.4, 0.5) is 8.78 Å². The summed E-state index contributed by atoms with van der Waals surface area (Å²) in [4.78, 5) is 0. The molecule has 0 radical (unpaired) electrons. The van der Waals surface area contributed by atoms with Gasteiger partial charge in [0.1, 0.15) is 6.61 Å². The van der Waals surface area contributed by atoms with Crippen molar-refractivity contribution in [3.63, 3.8) is 0 Å². The Bertz CT molecular complexity index is 804. The minimum Gasteiger partial charge on any atom is -0.493 e. The van der Waals surface area contributed by atoms with E-state index in [9.17, 15) is 8.78 Å². The highest BCUT2D eigenvalue weighted by Gasteiger charge is 2.12. The second-order valence-electron chi connectivity index (χ2n) is 4.83. The molecule has 0 saturated heterocycles. The van der Waals surface area contributed by atoms with Crippen molar-refractivity contribution >= 4 is 0 Å². The lowest BCUT2D eigenvalue weighted by Crippen LogP contribution is -2.01. The van der Waals surface area contributed by atoms with Crippen LogP contribution in [0.25, 0.3) is 11.3 Å². The molecule has 0 bridgehead atoms. The molecular weight excluding hydrogens is 302 g/mol. The van der Waals surface area contributed by atoms with Gasteiger partial charge in [0.2, 0.25) is 0 Å². The van der Waals surface area contributed by atoms with Crippen molar-refractivity contribution in [2.75, 3.05) is 7.11 Å². The van der Waals surface area contributed by atoms with Gasteiger partial charge >= 0.3 is 0 Å². The van der Waals surface area contributed by atoms with E-state index in [1.807, 2.05) is 12.1 Å². The number of H-pyrrole nitrogens is 1. The lowest BCUT2D eigenvalue weighted by Gasteiger charge is -2.12. The summed E-state index contributed by atoms with van der Waals surface area (Å²) < 4.78 is 37.8. The van der Waals surface area contributed by atoms with Crippen molar-refractivity contribution in [1.29, 1.82) is 0 Å². The molecule has 118 valence electrons. The number of ether oxygens (including phenoxy) is 2. The Morgan fingerprint density at radius 3 is 2.70 bits per heavy atom. The maximum Gasteiger partial charge on any atom is 0.165 e. The van der Waals surface area contributed by atoms with Crippen LogP contribution in [0.15, 0.2) is 48.7 Å². The van der Waals surface area contributed by atoms with Crippen LogP contribution in [0.5, 0.6) is 11.5 Å². The molecule has 6 heteroatoms. The second-order valence-corrected chi connectivity index (χ2v) is 4.83. The second kappa shape index (κ2) is 6.48. The van der Waals surface area contributed by atoms with Crippen molar-refractivity contribution in [1.82, 2.24) is 10.2 Å². The van der Waals surface area contributed by atoms with Crippen molar-refractivity contribution in [2.24, 2.45) is 0 Å². The Morgan fingerprint density at radius 1 is 1.09 bits per heavy atom. The van der Waals surface area contributed by atoms with Gasteiger partial charge in [-0.1, -0.05) is 12.1 Å². The lowest BCUT2D eigenvalue weighted by molar-refractivity contribution is 0.278. The Kier molecular flexibility index (Phi) is 4.23. The molecule has 0 aliphatic heterocycles. The van der Waals surface area contributed by atoms with E-state index in [0.29, 0.717) is 11.5 Å². The maximum atomic E-state index is 13.7. The van der Waals surface area contributed by atoms with Gasteiger partial charge in [0.15, 0.2) is 23.1 Å². The molecule has 3 rings (SSSR count). The maximum absolute atomic E-state index is 13.7. The molecule has 0 fully saturated rings. The Labute approximate surface area is 131 Å². The number of nitrogens with zero attached hydrogens (tertiary/aromatic N) is 1. The average Bonchev–Trinajstić information content (AvgIpc) is 3.10. The number of aromatic amines is 1. The number of benzene rings is 2. The van der Waals surface area contributed by atoms with Crippen molar-refractivity contribution < 1.29 is 18.3 Å². The van der Waals surface area contributed by atoms with Gasteiger partial charge in [-0.3, -0.25) is 5.10 Å². The number of nitrogens with one attached hydrogen (secondary N) is 1. The van der Waals surface area contributed by atoms with E-state index in [4.69, 9.17) is 9.47 Å². The van der Waals surface area contributed by atoms with E-state index in [-0.39, 0.29) is 12.2 Å². The highest BCUT2D eigenvalue weighted by Crippen LogP contribution is 2.32. The van der Waals surface area contributed by atoms with Gasteiger partial charge < -0.3 is 9.47 Å². The quantitative estimate of drug-likeness (QED) is 0.775. The fourth-order valence-corrected chi connectivity index (χ4v) is 2.19. The molecule has 23 heavy (non-hydrogen) atoms. The van der Waals surface area contributed by atoms with Gasteiger partial charge in [-0.15, -0.1) is 0 Å². The number of aromatic nitrogens is 2. The van der Waals surface area contributed by atoms with Crippen molar-refractivity contribution in [3.8, 4) is 22.8 Å². The first-order chi connectivity index (χ1) is 11.2. The van der Waals surface area contributed by atoms with E-state index >= 15 is 0 Å². The molecule has 0 aliphatic carbocycles. The summed E-state index contributed by atoms with van der Waals surface area (Å²) in [7, 11) is 1.51. The molecule has 1 aromatic heterocycles. The van der Waals surface area contributed by atoms with Crippen LogP contribution in [0.2, 0.25) is 0 Å². The summed E-state index contributed by atoms with van der Waals surface area (Å²) >= 11 is 0. The lowest BCUT2D eigenvalue weighted by atomic mass is 10.1. The standard InChI is InChI=1S/C17H14F2N2O2/c1-22-15-6-5-11(14-7-8-20-21-14)9-16(15)23-10-12-3-2-4-13(18)17(12)19/h2-9H,10H2,1H3,(H,20,21). The number of rotatable bonds is 5. The highest BCUT2D eigenvalue weighted by molar-refractivity contribution is 5.63. The minimum atomic E-state index is -0.907. The molecule has 0 amide bonds. The van der Waals surface area contributed by atoms with Gasteiger partial charge in [0.25, 0.3) is 0 Å².